The van der Waals surface area contributed by atoms with Crippen molar-refractivity contribution in [2.24, 2.45) is 5.10 Å². The number of hydrazone groups is 1. The lowest BCUT2D eigenvalue weighted by molar-refractivity contribution is 0.0729. The molecule has 0 bridgehead atoms. The molecular weight excluding hydrogens is 444 g/mol. The van der Waals surface area contributed by atoms with E-state index in [2.05, 4.69) is 10.5 Å². The van der Waals surface area contributed by atoms with Gasteiger partial charge in [0, 0.05) is 5.56 Å². The minimum Gasteiger partial charge on any atom is -0.494 e. The predicted molar refractivity (Wildman–Crippen MR) is 135 cm³/mol. The van der Waals surface area contributed by atoms with Crippen molar-refractivity contribution >= 4 is 28.9 Å². The number of hydrogen-bond acceptors (Lipinski definition) is 6. The van der Waals surface area contributed by atoms with Gasteiger partial charge in [0.15, 0.2) is 11.5 Å². The summed E-state index contributed by atoms with van der Waals surface area (Å²) in [6.45, 7) is 2.44. The number of benzene rings is 4. The van der Waals surface area contributed by atoms with Crippen molar-refractivity contribution in [1.29, 1.82) is 0 Å². The normalized spacial score (nSPS) is 10.8. The van der Waals surface area contributed by atoms with E-state index in [-0.39, 0.29) is 11.7 Å². The molecule has 0 heterocycles. The number of carbonyl (C=O) groups is 2. The number of carbonyl (C=O) groups excluding carboxylic acids is 2. The first-order chi connectivity index (χ1) is 17.1. The van der Waals surface area contributed by atoms with Crippen molar-refractivity contribution in [2.75, 3.05) is 13.7 Å². The molecule has 7 heteroatoms. The molecule has 0 saturated heterocycles. The third kappa shape index (κ3) is 5.65. The average molecular weight is 469 g/mol. The maximum absolute atomic E-state index is 12.6. The smallest absolute Gasteiger partial charge is 0.343 e. The third-order valence-electron chi connectivity index (χ3n) is 5.21. The van der Waals surface area contributed by atoms with Crippen LogP contribution in [0.2, 0.25) is 0 Å². The molecule has 4 rings (SSSR count). The summed E-state index contributed by atoms with van der Waals surface area (Å²) in [7, 11) is 1.48. The van der Waals surface area contributed by atoms with E-state index in [9.17, 15) is 9.59 Å². The van der Waals surface area contributed by atoms with E-state index in [1.165, 1.54) is 13.3 Å². The predicted octanol–water partition coefficient (Wildman–Crippen LogP) is 5.23. The molecule has 35 heavy (non-hydrogen) atoms. The highest BCUT2D eigenvalue weighted by Crippen LogP contribution is 2.28. The molecule has 0 aliphatic carbocycles. The lowest BCUT2D eigenvalue weighted by Gasteiger charge is -2.10. The van der Waals surface area contributed by atoms with Crippen LogP contribution in [0.4, 0.5) is 0 Å². The molecule has 176 valence electrons. The topological polar surface area (TPSA) is 86.2 Å². The highest BCUT2D eigenvalue weighted by atomic mass is 16.6. The second-order valence-electron chi connectivity index (χ2n) is 7.48. The Kier molecular flexibility index (Phi) is 7.37. The Balaban J connectivity index is 1.43. The molecule has 1 N–H and O–H groups in total. The van der Waals surface area contributed by atoms with Crippen LogP contribution < -0.4 is 19.6 Å². The van der Waals surface area contributed by atoms with Crippen LogP contribution in [0.15, 0.2) is 90.0 Å². The molecule has 4 aromatic carbocycles. The lowest BCUT2D eigenvalue weighted by Crippen LogP contribution is -2.17. The van der Waals surface area contributed by atoms with Crippen LogP contribution in [0, 0.1) is 0 Å². The number of ether oxygens (including phenoxy) is 3. The van der Waals surface area contributed by atoms with Gasteiger partial charge in [0.05, 0.1) is 25.5 Å². The number of nitrogens with one attached hydrogen (secondary N) is 1. The molecule has 0 saturated carbocycles. The summed E-state index contributed by atoms with van der Waals surface area (Å²) < 4.78 is 16.3. The first-order valence-corrected chi connectivity index (χ1v) is 11.0. The van der Waals surface area contributed by atoms with Crippen LogP contribution in [0.1, 0.15) is 33.2 Å². The van der Waals surface area contributed by atoms with E-state index in [1.54, 1.807) is 48.5 Å². The molecule has 7 nitrogen and oxygen atoms in total. The molecule has 0 aliphatic heterocycles. The van der Waals surface area contributed by atoms with E-state index in [4.69, 9.17) is 14.2 Å². The van der Waals surface area contributed by atoms with E-state index in [1.807, 2.05) is 43.3 Å². The SMILES string of the molecule is CCOc1ccc(C(=O)Oc2ccc(/C=N\NC(=O)c3cccc4ccccc34)cc2OC)cc1. The van der Waals surface area contributed by atoms with Crippen LogP contribution in [-0.4, -0.2) is 31.8 Å². The lowest BCUT2D eigenvalue weighted by atomic mass is 10.0. The van der Waals surface area contributed by atoms with E-state index < -0.39 is 5.97 Å². The first-order valence-electron chi connectivity index (χ1n) is 11.0. The summed E-state index contributed by atoms with van der Waals surface area (Å²) in [5.41, 5.74) is 4.13. The minimum absolute atomic E-state index is 0.267. The van der Waals surface area contributed by atoms with Crippen LogP contribution in [0.5, 0.6) is 17.2 Å². The number of amides is 1. The largest absolute Gasteiger partial charge is 0.494 e. The number of fused-ring (bicyclic) bond motifs is 1. The van der Waals surface area contributed by atoms with Crippen LogP contribution in [0.25, 0.3) is 10.8 Å². The average Bonchev–Trinajstić information content (AvgIpc) is 2.89. The fraction of sp³-hybridized carbons (Fsp3) is 0.107. The first kappa shape index (κ1) is 23.5. The Morgan fingerprint density at radius 2 is 1.69 bits per heavy atom. The van der Waals surface area contributed by atoms with Crippen molar-refractivity contribution in [1.82, 2.24) is 5.43 Å². The van der Waals surface area contributed by atoms with Gasteiger partial charge in [0.1, 0.15) is 5.75 Å². The van der Waals surface area contributed by atoms with Crippen molar-refractivity contribution in [3.05, 3.63) is 102 Å². The van der Waals surface area contributed by atoms with Gasteiger partial charge < -0.3 is 14.2 Å². The van der Waals surface area contributed by atoms with Gasteiger partial charge in [-0.2, -0.15) is 5.10 Å². The third-order valence-corrected chi connectivity index (χ3v) is 5.21. The number of nitrogens with zero attached hydrogens (tertiary/aromatic N) is 1. The summed E-state index contributed by atoms with van der Waals surface area (Å²) in [5.74, 6) is 0.468. The zero-order chi connectivity index (χ0) is 24.6. The summed E-state index contributed by atoms with van der Waals surface area (Å²) in [4.78, 5) is 25.1. The van der Waals surface area contributed by atoms with Crippen molar-refractivity contribution in [3.8, 4) is 17.2 Å². The van der Waals surface area contributed by atoms with E-state index >= 15 is 0 Å². The van der Waals surface area contributed by atoms with Crippen LogP contribution in [0.3, 0.4) is 0 Å². The van der Waals surface area contributed by atoms with Crippen LogP contribution >= 0.6 is 0 Å². The van der Waals surface area contributed by atoms with Crippen LogP contribution in [-0.2, 0) is 0 Å². The monoisotopic (exact) mass is 468 g/mol. The van der Waals surface area contributed by atoms with Crippen molar-refractivity contribution < 1.29 is 23.8 Å². The highest BCUT2D eigenvalue weighted by molar-refractivity contribution is 6.07. The summed E-state index contributed by atoms with van der Waals surface area (Å²) in [6.07, 6.45) is 1.49. The van der Waals surface area contributed by atoms with Gasteiger partial charge in [-0.15, -0.1) is 0 Å². The van der Waals surface area contributed by atoms with Gasteiger partial charge in [-0.05, 0) is 71.8 Å². The Bertz CT molecular complexity index is 1370. The number of esters is 1. The second-order valence-corrected chi connectivity index (χ2v) is 7.48. The number of methoxy groups -OCH3 is 1. The van der Waals surface area contributed by atoms with Gasteiger partial charge >= 0.3 is 5.97 Å². The minimum atomic E-state index is -0.518. The zero-order valence-corrected chi connectivity index (χ0v) is 19.4. The number of hydrogen-bond donors (Lipinski definition) is 1. The van der Waals surface area contributed by atoms with Gasteiger partial charge in [0.25, 0.3) is 5.91 Å². The molecule has 0 atom stereocenters. The summed E-state index contributed by atoms with van der Waals surface area (Å²) in [5, 5.41) is 5.89. The maximum Gasteiger partial charge on any atom is 0.343 e. The summed E-state index contributed by atoms with van der Waals surface area (Å²) in [6, 6.07) is 24.9. The molecule has 0 aliphatic rings. The molecular formula is C28H24N2O5. The molecule has 0 fully saturated rings. The standard InChI is InChI=1S/C28H24N2O5/c1-3-34-22-14-12-21(13-15-22)28(32)35-25-16-11-19(17-26(25)33-2)18-29-30-27(31)24-10-6-8-20-7-4-5-9-23(20)24/h4-18H,3H2,1-2H3,(H,30,31)/b29-18-. The highest BCUT2D eigenvalue weighted by Gasteiger charge is 2.13. The van der Waals surface area contributed by atoms with Gasteiger partial charge in [0.2, 0.25) is 0 Å². The van der Waals surface area contributed by atoms with Gasteiger partial charge in [-0.3, -0.25) is 4.79 Å². The van der Waals surface area contributed by atoms with Gasteiger partial charge in [-0.25, -0.2) is 10.2 Å². The Hall–Kier alpha value is -4.65. The fourth-order valence-corrected chi connectivity index (χ4v) is 3.51. The Morgan fingerprint density at radius 1 is 0.914 bits per heavy atom. The van der Waals surface area contributed by atoms with Crippen molar-refractivity contribution in [3.63, 3.8) is 0 Å². The molecule has 4 aromatic rings. The quantitative estimate of drug-likeness (QED) is 0.166. The summed E-state index contributed by atoms with van der Waals surface area (Å²) >= 11 is 0. The second kappa shape index (κ2) is 11.0. The molecule has 0 aromatic heterocycles. The van der Waals surface area contributed by atoms with E-state index in [0.717, 1.165) is 10.8 Å². The zero-order valence-electron chi connectivity index (χ0n) is 19.4. The molecule has 0 radical (unpaired) electrons. The van der Waals surface area contributed by atoms with E-state index in [0.29, 0.717) is 34.8 Å². The molecule has 1 amide bonds. The van der Waals surface area contributed by atoms with Gasteiger partial charge in [-0.1, -0.05) is 36.4 Å². The molecule has 0 unspecified atom stereocenters. The number of rotatable bonds is 8. The Morgan fingerprint density at radius 3 is 2.46 bits per heavy atom. The maximum atomic E-state index is 12.6. The fourth-order valence-electron chi connectivity index (χ4n) is 3.51. The Labute approximate surface area is 202 Å². The molecule has 0 spiro atoms. The van der Waals surface area contributed by atoms with Crippen molar-refractivity contribution in [2.45, 2.75) is 6.92 Å².